The number of hydrogen-bond donors (Lipinski definition) is 11. The van der Waals surface area contributed by atoms with Gasteiger partial charge in [-0.3, -0.25) is 24.2 Å². The van der Waals surface area contributed by atoms with E-state index in [-0.39, 0.29) is 37.5 Å². The van der Waals surface area contributed by atoms with Crippen LogP contribution in [0.5, 0.6) is 5.75 Å². The third-order valence-electron chi connectivity index (χ3n) is 8.05. The number of hydrogen-bond acceptors (Lipinski definition) is 9. The first-order chi connectivity index (χ1) is 24.4. The molecular formula is C34H48N10O7. The normalized spacial score (nSPS) is 13.3. The number of nitrogens with two attached hydrogens (primary N) is 4. The van der Waals surface area contributed by atoms with E-state index in [4.69, 9.17) is 22.9 Å². The molecule has 0 aliphatic rings. The van der Waals surface area contributed by atoms with Gasteiger partial charge in [-0.05, 0) is 61.6 Å². The number of unbranched alkanes of at least 4 members (excludes halogenated alkanes) is 1. The first-order valence-electron chi connectivity index (χ1n) is 16.6. The maximum Gasteiger partial charge on any atom is 0.326 e. The SMILES string of the molecule is NCCCC[C@H](N)C(=O)N[C@@H](CCCN=C(N)N)C(=O)N[C@@H](Cc1ccc(O)cc1)C(=O)NCC(=O)N[C@@H](Cc1c[nH]c2ccccc12)C(=O)O. The van der Waals surface area contributed by atoms with Gasteiger partial charge in [0.2, 0.25) is 23.6 Å². The number of phenolic OH excluding ortho intramolecular Hbond substituents is 1. The van der Waals surface area contributed by atoms with Gasteiger partial charge in [0.15, 0.2) is 5.96 Å². The second-order valence-electron chi connectivity index (χ2n) is 12.1. The highest BCUT2D eigenvalue weighted by Gasteiger charge is 2.29. The number of aromatic nitrogens is 1. The van der Waals surface area contributed by atoms with E-state index in [1.54, 1.807) is 18.3 Å². The summed E-state index contributed by atoms with van der Waals surface area (Å²) in [5.74, 6) is -4.18. The lowest BCUT2D eigenvalue weighted by Gasteiger charge is -2.24. The van der Waals surface area contributed by atoms with Crippen molar-refractivity contribution in [2.45, 2.75) is 69.1 Å². The zero-order valence-electron chi connectivity index (χ0n) is 28.3. The summed E-state index contributed by atoms with van der Waals surface area (Å²) in [6.07, 6.45) is 3.67. The molecule has 0 aliphatic heterocycles. The predicted octanol–water partition coefficient (Wildman–Crippen LogP) is -1.18. The zero-order chi connectivity index (χ0) is 37.3. The number of benzene rings is 2. The number of nitrogens with zero attached hydrogens (tertiary/aromatic N) is 1. The highest BCUT2D eigenvalue weighted by Crippen LogP contribution is 2.19. The lowest BCUT2D eigenvalue weighted by Crippen LogP contribution is -2.57. The van der Waals surface area contributed by atoms with Crippen LogP contribution in [0.25, 0.3) is 10.9 Å². The number of carboxylic acids is 1. The molecule has 1 aromatic heterocycles. The van der Waals surface area contributed by atoms with Gasteiger partial charge in [0.25, 0.3) is 0 Å². The number of H-pyrrole nitrogens is 1. The van der Waals surface area contributed by atoms with Crippen LogP contribution in [0.2, 0.25) is 0 Å². The van der Waals surface area contributed by atoms with Gasteiger partial charge in [-0.15, -0.1) is 0 Å². The molecule has 0 saturated carbocycles. The molecule has 2 aromatic carbocycles. The van der Waals surface area contributed by atoms with Crippen molar-refractivity contribution in [3.63, 3.8) is 0 Å². The van der Waals surface area contributed by atoms with Crippen molar-refractivity contribution in [2.24, 2.45) is 27.9 Å². The van der Waals surface area contributed by atoms with Crippen LogP contribution in [0.1, 0.15) is 43.2 Å². The number of carboxylic acid groups (broad SMARTS) is 1. The van der Waals surface area contributed by atoms with Crippen LogP contribution in [-0.2, 0) is 36.8 Å². The molecule has 0 bridgehead atoms. The monoisotopic (exact) mass is 708 g/mol. The zero-order valence-corrected chi connectivity index (χ0v) is 28.3. The van der Waals surface area contributed by atoms with Gasteiger partial charge in [-0.2, -0.15) is 0 Å². The van der Waals surface area contributed by atoms with Crippen molar-refractivity contribution in [3.8, 4) is 5.75 Å². The van der Waals surface area contributed by atoms with Crippen molar-refractivity contribution in [2.75, 3.05) is 19.6 Å². The minimum atomic E-state index is -1.29. The van der Waals surface area contributed by atoms with Crippen molar-refractivity contribution >= 4 is 46.5 Å². The van der Waals surface area contributed by atoms with Crippen LogP contribution in [0.15, 0.2) is 59.7 Å². The molecule has 276 valence electrons. The van der Waals surface area contributed by atoms with Crippen molar-refractivity contribution < 1.29 is 34.2 Å². The number of amides is 4. The Morgan fingerprint density at radius 2 is 1.51 bits per heavy atom. The fraction of sp³-hybridized carbons (Fsp3) is 0.412. The van der Waals surface area contributed by atoms with Crippen LogP contribution in [0, 0.1) is 0 Å². The second kappa shape index (κ2) is 20.1. The van der Waals surface area contributed by atoms with E-state index in [1.165, 1.54) is 12.1 Å². The molecule has 51 heavy (non-hydrogen) atoms. The summed E-state index contributed by atoms with van der Waals surface area (Å²) in [5, 5.41) is 30.6. The number of carbonyl (C=O) groups is 5. The number of guanidine groups is 1. The second-order valence-corrected chi connectivity index (χ2v) is 12.1. The van der Waals surface area contributed by atoms with Gasteiger partial charge >= 0.3 is 5.97 Å². The summed E-state index contributed by atoms with van der Waals surface area (Å²) < 4.78 is 0. The smallest absolute Gasteiger partial charge is 0.326 e. The molecule has 3 rings (SSSR count). The largest absolute Gasteiger partial charge is 0.508 e. The van der Waals surface area contributed by atoms with E-state index < -0.39 is 60.3 Å². The summed E-state index contributed by atoms with van der Waals surface area (Å²) in [4.78, 5) is 71.9. The maximum atomic E-state index is 13.6. The van der Waals surface area contributed by atoms with Crippen LogP contribution in [0.3, 0.4) is 0 Å². The predicted molar refractivity (Wildman–Crippen MR) is 191 cm³/mol. The molecule has 4 amide bonds. The molecule has 0 unspecified atom stereocenters. The first-order valence-corrected chi connectivity index (χ1v) is 16.6. The number of phenols is 1. The summed E-state index contributed by atoms with van der Waals surface area (Å²) in [6, 6.07) is 8.74. The highest BCUT2D eigenvalue weighted by molar-refractivity contribution is 5.95. The standard InChI is InChI=1S/C34H48N10O7/c35-14-4-3-7-24(36)30(47)43-26(9-5-15-39-34(37)38)32(49)44-27(16-20-10-12-22(45)13-11-20)31(48)41-19-29(46)42-28(33(50)51)17-21-18-40-25-8-2-1-6-23(21)25/h1-2,6,8,10-13,18,24,26-28,40,45H,3-5,7,9,14-17,19,35-36H2,(H,41,48)(H,42,46)(H,43,47)(H,44,49)(H,50,51)(H4,37,38,39)/t24-,26-,27-,28-/m0/s1. The summed E-state index contributed by atoms with van der Waals surface area (Å²) in [7, 11) is 0. The Hall–Kier alpha value is -5.68. The molecule has 15 N–H and O–H groups in total. The lowest BCUT2D eigenvalue weighted by molar-refractivity contribution is -0.141. The first kappa shape index (κ1) is 39.8. The van der Waals surface area contributed by atoms with Crippen LogP contribution < -0.4 is 44.2 Å². The number of nitrogens with one attached hydrogen (secondary N) is 5. The lowest BCUT2D eigenvalue weighted by atomic mass is 10.0. The van der Waals surface area contributed by atoms with Crippen molar-refractivity contribution in [3.05, 3.63) is 65.9 Å². The van der Waals surface area contributed by atoms with E-state index in [0.29, 0.717) is 43.4 Å². The minimum Gasteiger partial charge on any atom is -0.508 e. The average molecular weight is 709 g/mol. The number of fused-ring (bicyclic) bond motifs is 1. The van der Waals surface area contributed by atoms with Crippen LogP contribution in [0.4, 0.5) is 0 Å². The quantitative estimate of drug-likeness (QED) is 0.0356. The van der Waals surface area contributed by atoms with Crippen LogP contribution >= 0.6 is 0 Å². The van der Waals surface area contributed by atoms with E-state index in [1.807, 2.05) is 24.3 Å². The number of aromatic hydroxyl groups is 1. The summed E-state index contributed by atoms with van der Waals surface area (Å²) in [6.45, 7) is 0.0327. The Bertz CT molecular complexity index is 1660. The highest BCUT2D eigenvalue weighted by atomic mass is 16.4. The maximum absolute atomic E-state index is 13.6. The molecule has 0 aliphatic carbocycles. The van der Waals surface area contributed by atoms with Gasteiger partial charge in [0.1, 0.15) is 23.9 Å². The van der Waals surface area contributed by atoms with E-state index in [0.717, 1.165) is 10.9 Å². The van der Waals surface area contributed by atoms with Crippen LogP contribution in [-0.4, -0.2) is 94.6 Å². The molecule has 4 atom stereocenters. The molecular weight excluding hydrogens is 660 g/mol. The van der Waals surface area contributed by atoms with Gasteiger partial charge in [-0.1, -0.05) is 36.8 Å². The number of aliphatic imine (C=N–C) groups is 1. The van der Waals surface area contributed by atoms with Crippen molar-refractivity contribution in [1.82, 2.24) is 26.3 Å². The topological polar surface area (TPSA) is 306 Å². The number of rotatable bonds is 21. The number of aliphatic carboxylic acids is 1. The Labute approximate surface area is 295 Å². The number of carbonyl (C=O) groups excluding carboxylic acids is 4. The number of aromatic amines is 1. The molecule has 0 saturated heterocycles. The molecule has 0 radical (unpaired) electrons. The fourth-order valence-corrected chi connectivity index (χ4v) is 5.30. The molecule has 0 spiro atoms. The summed E-state index contributed by atoms with van der Waals surface area (Å²) >= 11 is 0. The Morgan fingerprint density at radius 1 is 0.804 bits per heavy atom. The van der Waals surface area contributed by atoms with Gasteiger partial charge < -0.3 is 59.4 Å². The Kier molecular flexibility index (Phi) is 15.7. The van der Waals surface area contributed by atoms with E-state index >= 15 is 0 Å². The third kappa shape index (κ3) is 13.3. The molecule has 17 heteroatoms. The van der Waals surface area contributed by atoms with E-state index in [2.05, 4.69) is 31.2 Å². The van der Waals surface area contributed by atoms with Gasteiger partial charge in [-0.25, -0.2) is 4.79 Å². The molecule has 0 fully saturated rings. The van der Waals surface area contributed by atoms with Gasteiger partial charge in [0.05, 0.1) is 12.6 Å². The fourth-order valence-electron chi connectivity index (χ4n) is 5.30. The van der Waals surface area contributed by atoms with Gasteiger partial charge in [0, 0.05) is 36.5 Å². The Morgan fingerprint density at radius 3 is 2.20 bits per heavy atom. The molecule has 17 nitrogen and oxygen atoms in total. The third-order valence-corrected chi connectivity index (χ3v) is 8.05. The minimum absolute atomic E-state index is 0.00701. The Balaban J connectivity index is 1.71. The average Bonchev–Trinajstić information content (AvgIpc) is 3.51. The van der Waals surface area contributed by atoms with Crippen molar-refractivity contribution in [1.29, 1.82) is 0 Å². The number of para-hydroxylation sites is 1. The van der Waals surface area contributed by atoms with E-state index in [9.17, 15) is 34.2 Å². The summed E-state index contributed by atoms with van der Waals surface area (Å²) in [5.41, 5.74) is 24.5. The molecule has 3 aromatic rings. The molecule has 1 heterocycles.